The van der Waals surface area contributed by atoms with Gasteiger partial charge < -0.3 is 5.73 Å². The lowest BCUT2D eigenvalue weighted by Crippen LogP contribution is -2.57. The highest BCUT2D eigenvalue weighted by Gasteiger charge is 2.39. The first kappa shape index (κ1) is 13.4. The van der Waals surface area contributed by atoms with Gasteiger partial charge in [-0.15, -0.1) is 0 Å². The minimum absolute atomic E-state index is 0.334. The third-order valence-electron chi connectivity index (χ3n) is 5.16. The van der Waals surface area contributed by atoms with Crippen LogP contribution in [0.3, 0.4) is 0 Å². The number of nitrogens with zero attached hydrogens (tertiary/aromatic N) is 1. The van der Waals surface area contributed by atoms with Crippen molar-refractivity contribution in [3.05, 3.63) is 0 Å². The zero-order chi connectivity index (χ0) is 12.5. The zero-order valence-corrected chi connectivity index (χ0v) is 11.9. The van der Waals surface area contributed by atoms with E-state index >= 15 is 0 Å². The van der Waals surface area contributed by atoms with Gasteiger partial charge in [-0.2, -0.15) is 0 Å². The van der Waals surface area contributed by atoms with Crippen LogP contribution in [0.2, 0.25) is 0 Å². The molecule has 3 unspecified atom stereocenters. The summed E-state index contributed by atoms with van der Waals surface area (Å²) in [5, 5.41) is 0. The summed E-state index contributed by atoms with van der Waals surface area (Å²) in [4.78, 5) is 2.70. The Balaban J connectivity index is 2.00. The predicted octanol–water partition coefficient (Wildman–Crippen LogP) is 3.01. The van der Waals surface area contributed by atoms with E-state index in [1.54, 1.807) is 0 Å². The number of likely N-dealkylation sites (tertiary alicyclic amines) is 1. The van der Waals surface area contributed by atoms with E-state index in [1.165, 1.54) is 51.6 Å². The van der Waals surface area contributed by atoms with Crippen LogP contribution in [0.1, 0.15) is 59.3 Å². The SMILES string of the molecule is CC1CCCN(C2CCCC(C)(C)C2N)CC1. The normalized spacial score (nSPS) is 39.9. The quantitative estimate of drug-likeness (QED) is 0.761. The van der Waals surface area contributed by atoms with Gasteiger partial charge in [-0.25, -0.2) is 0 Å². The molecule has 0 amide bonds. The first-order valence-electron chi connectivity index (χ1n) is 7.50. The van der Waals surface area contributed by atoms with Crippen molar-refractivity contribution < 1.29 is 0 Å². The molecule has 0 spiro atoms. The molecule has 1 saturated heterocycles. The molecular formula is C15H30N2. The molecule has 1 aliphatic carbocycles. The smallest absolute Gasteiger partial charge is 0.0252 e. The largest absolute Gasteiger partial charge is 0.326 e. The molecule has 1 saturated carbocycles. The van der Waals surface area contributed by atoms with E-state index in [2.05, 4.69) is 25.7 Å². The molecule has 2 N–H and O–H groups in total. The molecule has 0 bridgehead atoms. The van der Waals surface area contributed by atoms with Crippen LogP contribution in [0, 0.1) is 11.3 Å². The van der Waals surface area contributed by atoms with Gasteiger partial charge in [-0.3, -0.25) is 4.90 Å². The van der Waals surface area contributed by atoms with Gasteiger partial charge in [0.2, 0.25) is 0 Å². The fourth-order valence-electron chi connectivity index (χ4n) is 3.66. The summed E-state index contributed by atoms with van der Waals surface area (Å²) in [7, 11) is 0. The molecule has 2 nitrogen and oxygen atoms in total. The van der Waals surface area contributed by atoms with Gasteiger partial charge in [-0.1, -0.05) is 27.2 Å². The van der Waals surface area contributed by atoms with Crippen LogP contribution >= 0.6 is 0 Å². The van der Waals surface area contributed by atoms with Gasteiger partial charge >= 0.3 is 0 Å². The molecule has 3 atom stereocenters. The van der Waals surface area contributed by atoms with Gasteiger partial charge in [0.1, 0.15) is 0 Å². The van der Waals surface area contributed by atoms with Crippen molar-refractivity contribution in [1.29, 1.82) is 0 Å². The third kappa shape index (κ3) is 3.03. The molecule has 2 aliphatic rings. The zero-order valence-electron chi connectivity index (χ0n) is 11.9. The lowest BCUT2D eigenvalue weighted by molar-refractivity contribution is 0.0695. The Morgan fingerprint density at radius 3 is 2.59 bits per heavy atom. The molecule has 0 aromatic carbocycles. The van der Waals surface area contributed by atoms with Gasteiger partial charge in [0.05, 0.1) is 0 Å². The number of hydrogen-bond donors (Lipinski definition) is 1. The highest BCUT2D eigenvalue weighted by atomic mass is 15.2. The third-order valence-corrected chi connectivity index (χ3v) is 5.16. The van der Waals surface area contributed by atoms with Crippen LogP contribution in [0.4, 0.5) is 0 Å². The van der Waals surface area contributed by atoms with E-state index in [0.717, 1.165) is 5.92 Å². The van der Waals surface area contributed by atoms with E-state index in [-0.39, 0.29) is 0 Å². The highest BCUT2D eigenvalue weighted by Crippen LogP contribution is 2.37. The maximum absolute atomic E-state index is 6.53. The summed E-state index contributed by atoms with van der Waals surface area (Å²) in [5.74, 6) is 0.910. The van der Waals surface area contributed by atoms with Gasteiger partial charge in [0, 0.05) is 12.1 Å². The summed E-state index contributed by atoms with van der Waals surface area (Å²) in [6.07, 6.45) is 8.11. The van der Waals surface area contributed by atoms with Crippen molar-refractivity contribution in [2.75, 3.05) is 13.1 Å². The van der Waals surface area contributed by atoms with Gasteiger partial charge in [-0.05, 0) is 56.5 Å². The molecule has 2 rings (SSSR count). The summed E-state index contributed by atoms with van der Waals surface area (Å²) in [5.41, 5.74) is 6.87. The van der Waals surface area contributed by atoms with Gasteiger partial charge in [0.25, 0.3) is 0 Å². The number of nitrogens with two attached hydrogens (primary N) is 1. The summed E-state index contributed by atoms with van der Waals surface area (Å²) in [6, 6.07) is 1.01. The summed E-state index contributed by atoms with van der Waals surface area (Å²) in [6.45, 7) is 9.65. The Bertz CT molecular complexity index is 249. The van der Waals surface area contributed by atoms with Crippen LogP contribution in [0.15, 0.2) is 0 Å². The molecule has 1 heterocycles. The average Bonchev–Trinajstić information content (AvgIpc) is 2.47. The fraction of sp³-hybridized carbons (Fsp3) is 1.00. The van der Waals surface area contributed by atoms with Crippen LogP contribution in [-0.4, -0.2) is 30.1 Å². The highest BCUT2D eigenvalue weighted by molar-refractivity contribution is 4.96. The van der Waals surface area contributed by atoms with Crippen LogP contribution < -0.4 is 5.73 Å². The molecule has 17 heavy (non-hydrogen) atoms. The lowest BCUT2D eigenvalue weighted by atomic mass is 9.70. The second kappa shape index (κ2) is 5.27. The molecule has 2 heteroatoms. The Labute approximate surface area is 107 Å². The van der Waals surface area contributed by atoms with E-state index in [0.29, 0.717) is 17.5 Å². The average molecular weight is 238 g/mol. The van der Waals surface area contributed by atoms with Crippen molar-refractivity contribution in [2.45, 2.75) is 71.4 Å². The molecule has 0 radical (unpaired) electrons. The minimum Gasteiger partial charge on any atom is -0.326 e. The van der Waals surface area contributed by atoms with E-state index < -0.39 is 0 Å². The standard InChI is InChI=1S/C15H30N2/c1-12-6-5-10-17(11-8-12)13-7-4-9-15(2,3)14(13)16/h12-14H,4-11,16H2,1-3H3. The topological polar surface area (TPSA) is 29.3 Å². The first-order chi connectivity index (χ1) is 8.00. The van der Waals surface area contributed by atoms with Crippen molar-refractivity contribution >= 4 is 0 Å². The Morgan fingerprint density at radius 2 is 1.82 bits per heavy atom. The Hall–Kier alpha value is -0.0800. The van der Waals surface area contributed by atoms with Crippen molar-refractivity contribution in [2.24, 2.45) is 17.1 Å². The maximum atomic E-state index is 6.53. The Morgan fingerprint density at radius 1 is 1.06 bits per heavy atom. The molecule has 1 aliphatic heterocycles. The monoisotopic (exact) mass is 238 g/mol. The molecule has 0 aromatic rings. The van der Waals surface area contributed by atoms with Crippen molar-refractivity contribution in [1.82, 2.24) is 4.90 Å². The number of rotatable bonds is 1. The van der Waals surface area contributed by atoms with E-state index in [9.17, 15) is 0 Å². The van der Waals surface area contributed by atoms with Crippen LogP contribution in [0.5, 0.6) is 0 Å². The predicted molar refractivity (Wildman–Crippen MR) is 74.0 cm³/mol. The molecule has 2 fully saturated rings. The lowest BCUT2D eigenvalue weighted by Gasteiger charge is -2.46. The second-order valence-electron chi connectivity index (χ2n) is 7.05. The number of hydrogen-bond acceptors (Lipinski definition) is 2. The fourth-order valence-corrected chi connectivity index (χ4v) is 3.66. The van der Waals surface area contributed by atoms with Crippen molar-refractivity contribution in [3.8, 4) is 0 Å². The van der Waals surface area contributed by atoms with Gasteiger partial charge in [0.15, 0.2) is 0 Å². The second-order valence-corrected chi connectivity index (χ2v) is 7.05. The first-order valence-corrected chi connectivity index (χ1v) is 7.50. The Kier molecular flexibility index (Phi) is 4.14. The van der Waals surface area contributed by atoms with Crippen molar-refractivity contribution in [3.63, 3.8) is 0 Å². The van der Waals surface area contributed by atoms with E-state index in [1.807, 2.05) is 0 Å². The molecule has 100 valence electrons. The van der Waals surface area contributed by atoms with Crippen LogP contribution in [0.25, 0.3) is 0 Å². The summed E-state index contributed by atoms with van der Waals surface area (Å²) >= 11 is 0. The molecule has 0 aromatic heterocycles. The van der Waals surface area contributed by atoms with E-state index in [4.69, 9.17) is 5.73 Å². The summed E-state index contributed by atoms with van der Waals surface area (Å²) < 4.78 is 0. The molecular weight excluding hydrogens is 208 g/mol. The maximum Gasteiger partial charge on any atom is 0.0252 e. The van der Waals surface area contributed by atoms with Crippen LogP contribution in [-0.2, 0) is 0 Å². The minimum atomic E-state index is 0.334.